The van der Waals surface area contributed by atoms with Crippen LogP contribution >= 0.6 is 11.3 Å². The van der Waals surface area contributed by atoms with Crippen molar-refractivity contribution < 1.29 is 18.4 Å². The number of amides is 2. The number of nitrogens with one attached hydrogen (secondary N) is 1. The Balaban J connectivity index is 1.59. The van der Waals surface area contributed by atoms with Gasteiger partial charge in [-0.1, -0.05) is 6.07 Å². The van der Waals surface area contributed by atoms with Crippen molar-refractivity contribution in [2.24, 2.45) is 5.92 Å². The van der Waals surface area contributed by atoms with E-state index < -0.39 is 17.5 Å². The van der Waals surface area contributed by atoms with Crippen LogP contribution in [0.25, 0.3) is 0 Å². The van der Waals surface area contributed by atoms with E-state index in [4.69, 9.17) is 0 Å². The van der Waals surface area contributed by atoms with Crippen LogP contribution in [-0.2, 0) is 11.3 Å². The second kappa shape index (κ2) is 8.13. The Labute approximate surface area is 170 Å². The first kappa shape index (κ1) is 19.3. The predicted molar refractivity (Wildman–Crippen MR) is 109 cm³/mol. The van der Waals surface area contributed by atoms with Crippen LogP contribution in [0.5, 0.6) is 0 Å². The molecule has 148 valence electrons. The summed E-state index contributed by atoms with van der Waals surface area (Å²) in [7, 11) is 0. The summed E-state index contributed by atoms with van der Waals surface area (Å²) in [5.41, 5.74) is 0.960. The SMILES string of the molecule is O=C(Nc1ccc(C(=O)N(Cc2cccs2)c2ccc(F)cc2F)cc1)C1CC1. The lowest BCUT2D eigenvalue weighted by Gasteiger charge is -2.23. The summed E-state index contributed by atoms with van der Waals surface area (Å²) in [6, 6.07) is 13.3. The standard InChI is InChI=1S/C22H18F2N2O2S/c23-16-7-10-20(19(24)12-16)26(13-18-2-1-11-29-18)22(28)15-5-8-17(9-6-15)25-21(27)14-3-4-14/h1-2,5-12,14H,3-4,13H2,(H,25,27). The van der Waals surface area contributed by atoms with E-state index in [1.165, 1.54) is 22.3 Å². The highest BCUT2D eigenvalue weighted by molar-refractivity contribution is 7.09. The average molecular weight is 412 g/mol. The van der Waals surface area contributed by atoms with Gasteiger partial charge in [0.05, 0.1) is 12.2 Å². The third-order valence-corrected chi connectivity index (χ3v) is 5.55. The number of halogens is 2. The van der Waals surface area contributed by atoms with Gasteiger partial charge in [-0.05, 0) is 60.7 Å². The summed E-state index contributed by atoms with van der Waals surface area (Å²) in [5, 5.41) is 4.69. The predicted octanol–water partition coefficient (Wildman–Crippen LogP) is 5.22. The molecular weight excluding hydrogens is 394 g/mol. The lowest BCUT2D eigenvalue weighted by molar-refractivity contribution is -0.117. The number of anilines is 2. The molecular formula is C22H18F2N2O2S. The largest absolute Gasteiger partial charge is 0.326 e. The summed E-state index contributed by atoms with van der Waals surface area (Å²) >= 11 is 1.45. The minimum Gasteiger partial charge on any atom is -0.326 e. The van der Waals surface area contributed by atoms with Crippen molar-refractivity contribution in [3.05, 3.63) is 82.1 Å². The van der Waals surface area contributed by atoms with Crippen LogP contribution in [0.15, 0.2) is 60.0 Å². The quantitative estimate of drug-likeness (QED) is 0.603. The van der Waals surface area contributed by atoms with Crippen LogP contribution in [0.3, 0.4) is 0 Å². The van der Waals surface area contributed by atoms with Crippen molar-refractivity contribution >= 4 is 34.5 Å². The molecule has 0 aliphatic heterocycles. The molecule has 4 nitrogen and oxygen atoms in total. The van der Waals surface area contributed by atoms with Gasteiger partial charge in [0.2, 0.25) is 5.91 Å². The first-order chi connectivity index (χ1) is 14.0. The van der Waals surface area contributed by atoms with Crippen molar-refractivity contribution in [1.82, 2.24) is 0 Å². The maximum absolute atomic E-state index is 14.4. The number of carbonyl (C=O) groups excluding carboxylic acids is 2. The molecule has 0 spiro atoms. The lowest BCUT2D eigenvalue weighted by Crippen LogP contribution is -2.31. The molecule has 0 saturated heterocycles. The average Bonchev–Trinajstić information content (AvgIpc) is 3.44. The van der Waals surface area contributed by atoms with Crippen LogP contribution in [-0.4, -0.2) is 11.8 Å². The summed E-state index contributed by atoms with van der Waals surface area (Å²) in [4.78, 5) is 27.2. The van der Waals surface area contributed by atoms with E-state index in [9.17, 15) is 18.4 Å². The molecule has 1 fully saturated rings. The zero-order valence-corrected chi connectivity index (χ0v) is 16.2. The van der Waals surface area contributed by atoms with Crippen LogP contribution in [0.1, 0.15) is 28.1 Å². The molecule has 1 heterocycles. The molecule has 7 heteroatoms. The number of nitrogens with zero attached hydrogens (tertiary/aromatic N) is 1. The topological polar surface area (TPSA) is 49.4 Å². The molecule has 0 bridgehead atoms. The molecule has 3 aromatic rings. The molecule has 0 unspecified atom stereocenters. The number of hydrogen-bond acceptors (Lipinski definition) is 3. The van der Waals surface area contributed by atoms with E-state index in [-0.39, 0.29) is 24.1 Å². The molecule has 1 N–H and O–H groups in total. The van der Waals surface area contributed by atoms with Gasteiger partial charge in [-0.3, -0.25) is 9.59 Å². The highest BCUT2D eigenvalue weighted by atomic mass is 32.1. The summed E-state index contributed by atoms with van der Waals surface area (Å²) in [6.07, 6.45) is 1.81. The highest BCUT2D eigenvalue weighted by Gasteiger charge is 2.29. The van der Waals surface area contributed by atoms with Crippen LogP contribution in [0.2, 0.25) is 0 Å². The maximum Gasteiger partial charge on any atom is 0.258 e. The van der Waals surface area contributed by atoms with Crippen LogP contribution < -0.4 is 10.2 Å². The second-order valence-corrected chi connectivity index (χ2v) is 7.94. The first-order valence-corrected chi connectivity index (χ1v) is 10.1. The monoisotopic (exact) mass is 412 g/mol. The molecule has 1 aliphatic rings. The van der Waals surface area contributed by atoms with Gasteiger partial charge in [0, 0.05) is 28.1 Å². The van der Waals surface area contributed by atoms with Gasteiger partial charge in [-0.25, -0.2) is 8.78 Å². The number of thiophene rings is 1. The molecule has 0 atom stereocenters. The maximum atomic E-state index is 14.4. The third-order valence-electron chi connectivity index (χ3n) is 4.69. The molecule has 2 amide bonds. The Bertz CT molecular complexity index is 1030. The number of rotatable bonds is 6. The molecule has 2 aromatic carbocycles. The van der Waals surface area contributed by atoms with E-state index >= 15 is 0 Å². The lowest BCUT2D eigenvalue weighted by atomic mass is 10.1. The van der Waals surface area contributed by atoms with Crippen molar-refractivity contribution in [2.45, 2.75) is 19.4 Å². The molecule has 4 rings (SSSR count). The van der Waals surface area contributed by atoms with Crippen molar-refractivity contribution in [1.29, 1.82) is 0 Å². The van der Waals surface area contributed by atoms with Crippen molar-refractivity contribution in [3.63, 3.8) is 0 Å². The Morgan fingerprint density at radius 3 is 2.45 bits per heavy atom. The molecule has 1 saturated carbocycles. The number of benzene rings is 2. The molecule has 1 aromatic heterocycles. The summed E-state index contributed by atoms with van der Waals surface area (Å²) < 4.78 is 27.8. The van der Waals surface area contributed by atoms with E-state index in [1.54, 1.807) is 24.3 Å². The van der Waals surface area contributed by atoms with Gasteiger partial charge >= 0.3 is 0 Å². The van der Waals surface area contributed by atoms with E-state index in [1.807, 2.05) is 17.5 Å². The van der Waals surface area contributed by atoms with Gasteiger partial charge in [0.25, 0.3) is 5.91 Å². The second-order valence-electron chi connectivity index (χ2n) is 6.91. The minimum atomic E-state index is -0.803. The Kier molecular flexibility index (Phi) is 5.40. The Hall–Kier alpha value is -3.06. The van der Waals surface area contributed by atoms with Gasteiger partial charge in [-0.2, -0.15) is 0 Å². The van der Waals surface area contributed by atoms with Gasteiger partial charge in [0.1, 0.15) is 11.6 Å². The summed E-state index contributed by atoms with van der Waals surface area (Å²) in [6.45, 7) is 0.166. The zero-order chi connectivity index (χ0) is 20.4. The fraction of sp³-hybridized carbons (Fsp3) is 0.182. The van der Waals surface area contributed by atoms with E-state index in [0.717, 1.165) is 29.9 Å². The van der Waals surface area contributed by atoms with Crippen molar-refractivity contribution in [3.8, 4) is 0 Å². The molecule has 0 radical (unpaired) electrons. The number of carbonyl (C=O) groups is 2. The normalized spacial score (nSPS) is 13.2. The van der Waals surface area contributed by atoms with Gasteiger partial charge in [-0.15, -0.1) is 11.3 Å². The number of hydrogen-bond donors (Lipinski definition) is 1. The van der Waals surface area contributed by atoms with Crippen LogP contribution in [0.4, 0.5) is 20.2 Å². The van der Waals surface area contributed by atoms with E-state index in [0.29, 0.717) is 11.3 Å². The zero-order valence-electron chi connectivity index (χ0n) is 15.4. The third kappa shape index (κ3) is 4.51. The van der Waals surface area contributed by atoms with Crippen LogP contribution in [0, 0.1) is 17.6 Å². The fourth-order valence-corrected chi connectivity index (χ4v) is 3.66. The summed E-state index contributed by atoms with van der Waals surface area (Å²) in [5.74, 6) is -1.85. The van der Waals surface area contributed by atoms with E-state index in [2.05, 4.69) is 5.32 Å². The van der Waals surface area contributed by atoms with Crippen molar-refractivity contribution in [2.75, 3.05) is 10.2 Å². The molecule has 29 heavy (non-hydrogen) atoms. The fourth-order valence-electron chi connectivity index (χ4n) is 2.97. The smallest absolute Gasteiger partial charge is 0.258 e. The minimum absolute atomic E-state index is 0.0101. The highest BCUT2D eigenvalue weighted by Crippen LogP contribution is 2.30. The first-order valence-electron chi connectivity index (χ1n) is 9.21. The molecule has 1 aliphatic carbocycles. The van der Waals surface area contributed by atoms with Gasteiger partial charge in [0.15, 0.2) is 0 Å². The Morgan fingerprint density at radius 1 is 1.07 bits per heavy atom. The van der Waals surface area contributed by atoms with Gasteiger partial charge < -0.3 is 10.2 Å². The Morgan fingerprint density at radius 2 is 1.83 bits per heavy atom.